The third-order valence-corrected chi connectivity index (χ3v) is 3.77. The van der Waals surface area contributed by atoms with Gasteiger partial charge in [0, 0.05) is 45.8 Å². The summed E-state index contributed by atoms with van der Waals surface area (Å²) in [5, 5.41) is 13.2. The van der Waals surface area contributed by atoms with E-state index < -0.39 is 0 Å². The molecule has 1 aromatic rings. The molecule has 106 valence electrons. The summed E-state index contributed by atoms with van der Waals surface area (Å²) in [6, 6.07) is 5.41. The molecule has 4 nitrogen and oxygen atoms in total. The van der Waals surface area contributed by atoms with Gasteiger partial charge in [0.2, 0.25) is 0 Å². The van der Waals surface area contributed by atoms with E-state index in [1.807, 2.05) is 12.1 Å². The maximum atomic E-state index is 9.39. The number of halogens is 1. The monoisotopic (exact) mass is 283 g/mol. The third-order valence-electron chi connectivity index (χ3n) is 3.47. The molecular formula is C14H22ClN3O. The zero-order chi connectivity index (χ0) is 13.7. The van der Waals surface area contributed by atoms with E-state index in [0.29, 0.717) is 5.02 Å². The first-order chi connectivity index (χ1) is 9.15. The first kappa shape index (κ1) is 14.6. The Bertz CT molecular complexity index is 408. The molecule has 0 radical (unpaired) electrons. The van der Waals surface area contributed by atoms with Gasteiger partial charge in [0.1, 0.15) is 5.75 Å². The van der Waals surface area contributed by atoms with Crippen LogP contribution in [-0.2, 0) is 6.54 Å². The maximum absolute atomic E-state index is 9.39. The van der Waals surface area contributed by atoms with E-state index in [0.717, 1.165) is 51.4 Å². The zero-order valence-corrected chi connectivity index (χ0v) is 12.2. The fourth-order valence-electron chi connectivity index (χ4n) is 2.29. The van der Waals surface area contributed by atoms with Crippen LogP contribution < -0.4 is 5.32 Å². The number of aromatic hydroxyl groups is 1. The number of nitrogens with zero attached hydrogens (tertiary/aromatic N) is 2. The minimum absolute atomic E-state index is 0.147. The lowest BCUT2D eigenvalue weighted by Gasteiger charge is -2.29. The molecule has 0 unspecified atom stereocenters. The normalized spacial score (nSPS) is 17.0. The van der Waals surface area contributed by atoms with Crippen molar-refractivity contribution in [3.05, 3.63) is 28.8 Å². The highest BCUT2D eigenvalue weighted by atomic mass is 35.5. The molecule has 0 bridgehead atoms. The van der Waals surface area contributed by atoms with E-state index in [1.54, 1.807) is 6.07 Å². The van der Waals surface area contributed by atoms with E-state index in [4.69, 9.17) is 11.6 Å². The van der Waals surface area contributed by atoms with Gasteiger partial charge in [-0.3, -0.25) is 4.90 Å². The van der Waals surface area contributed by atoms with Gasteiger partial charge in [0.15, 0.2) is 0 Å². The van der Waals surface area contributed by atoms with Crippen LogP contribution in [0.3, 0.4) is 0 Å². The highest BCUT2D eigenvalue weighted by Crippen LogP contribution is 2.24. The molecule has 0 aliphatic carbocycles. The molecule has 0 amide bonds. The van der Waals surface area contributed by atoms with Crippen LogP contribution in [0, 0.1) is 0 Å². The third kappa shape index (κ3) is 4.66. The Kier molecular flexibility index (Phi) is 5.45. The standard InChI is InChI=1S/C14H22ClN3O/c1-17(8-9-18-6-4-16-5-7-18)11-12-2-3-14(19)13(15)10-12/h2-3,10,16,19H,4-9,11H2,1H3. The minimum Gasteiger partial charge on any atom is -0.506 e. The predicted molar refractivity (Wildman–Crippen MR) is 78.8 cm³/mol. The molecule has 0 spiro atoms. The van der Waals surface area contributed by atoms with Gasteiger partial charge in [-0.25, -0.2) is 0 Å². The number of hydrogen-bond acceptors (Lipinski definition) is 4. The van der Waals surface area contributed by atoms with Crippen LogP contribution in [0.1, 0.15) is 5.56 Å². The molecule has 0 aromatic heterocycles. The average Bonchev–Trinajstić information content (AvgIpc) is 2.42. The topological polar surface area (TPSA) is 38.7 Å². The van der Waals surface area contributed by atoms with E-state index >= 15 is 0 Å². The van der Waals surface area contributed by atoms with Crippen LogP contribution in [0.15, 0.2) is 18.2 Å². The van der Waals surface area contributed by atoms with E-state index in [1.165, 1.54) is 0 Å². The van der Waals surface area contributed by atoms with Gasteiger partial charge in [0.05, 0.1) is 5.02 Å². The zero-order valence-electron chi connectivity index (χ0n) is 11.4. The molecule has 0 atom stereocenters. The van der Waals surface area contributed by atoms with Crippen LogP contribution >= 0.6 is 11.6 Å². The number of piperazine rings is 1. The molecule has 2 N–H and O–H groups in total. The first-order valence-electron chi connectivity index (χ1n) is 6.74. The highest BCUT2D eigenvalue weighted by Gasteiger charge is 2.10. The van der Waals surface area contributed by atoms with Crippen molar-refractivity contribution in [2.24, 2.45) is 0 Å². The predicted octanol–water partition coefficient (Wildman–Crippen LogP) is 1.38. The van der Waals surface area contributed by atoms with Crippen LogP contribution in [-0.4, -0.2) is 61.2 Å². The lowest BCUT2D eigenvalue weighted by atomic mass is 10.2. The summed E-state index contributed by atoms with van der Waals surface area (Å²) in [5.41, 5.74) is 1.13. The van der Waals surface area contributed by atoms with Crippen LogP contribution in [0.4, 0.5) is 0 Å². The number of nitrogens with one attached hydrogen (secondary N) is 1. The Labute approximate surface area is 120 Å². The second kappa shape index (κ2) is 7.10. The number of rotatable bonds is 5. The summed E-state index contributed by atoms with van der Waals surface area (Å²) in [6.07, 6.45) is 0. The summed E-state index contributed by atoms with van der Waals surface area (Å²) in [7, 11) is 2.11. The van der Waals surface area contributed by atoms with Gasteiger partial charge in [-0.2, -0.15) is 0 Å². The van der Waals surface area contributed by atoms with Gasteiger partial charge < -0.3 is 15.3 Å². The Hall–Kier alpha value is -0.810. The van der Waals surface area contributed by atoms with E-state index in [-0.39, 0.29) is 5.75 Å². The van der Waals surface area contributed by atoms with Crippen molar-refractivity contribution in [1.29, 1.82) is 0 Å². The Morgan fingerprint density at radius 1 is 1.37 bits per heavy atom. The van der Waals surface area contributed by atoms with Gasteiger partial charge in [-0.15, -0.1) is 0 Å². The van der Waals surface area contributed by atoms with E-state index in [2.05, 4.69) is 22.2 Å². The SMILES string of the molecule is CN(CCN1CCNCC1)Cc1ccc(O)c(Cl)c1. The van der Waals surface area contributed by atoms with Crippen molar-refractivity contribution in [2.45, 2.75) is 6.54 Å². The van der Waals surface area contributed by atoms with Crippen molar-refractivity contribution >= 4 is 11.6 Å². The molecule has 1 fully saturated rings. The van der Waals surface area contributed by atoms with Crippen LogP contribution in [0.5, 0.6) is 5.75 Å². The van der Waals surface area contributed by atoms with Crippen molar-refractivity contribution in [2.75, 3.05) is 46.3 Å². The summed E-state index contributed by atoms with van der Waals surface area (Å²) < 4.78 is 0. The summed E-state index contributed by atoms with van der Waals surface area (Å²) in [4.78, 5) is 4.77. The fraction of sp³-hybridized carbons (Fsp3) is 0.571. The smallest absolute Gasteiger partial charge is 0.134 e. The molecule has 19 heavy (non-hydrogen) atoms. The van der Waals surface area contributed by atoms with Crippen molar-refractivity contribution < 1.29 is 5.11 Å². The van der Waals surface area contributed by atoms with Crippen LogP contribution in [0.2, 0.25) is 5.02 Å². The fourth-order valence-corrected chi connectivity index (χ4v) is 2.49. The second-order valence-electron chi connectivity index (χ2n) is 5.12. The number of benzene rings is 1. The van der Waals surface area contributed by atoms with Crippen molar-refractivity contribution in [1.82, 2.24) is 15.1 Å². The first-order valence-corrected chi connectivity index (χ1v) is 7.12. The summed E-state index contributed by atoms with van der Waals surface area (Å²) in [5.74, 6) is 0.147. The highest BCUT2D eigenvalue weighted by molar-refractivity contribution is 6.32. The molecule has 2 rings (SSSR count). The summed E-state index contributed by atoms with van der Waals surface area (Å²) >= 11 is 5.91. The number of likely N-dealkylation sites (N-methyl/N-ethyl adjacent to an activating group) is 1. The van der Waals surface area contributed by atoms with Gasteiger partial charge in [-0.05, 0) is 24.7 Å². The molecule has 5 heteroatoms. The van der Waals surface area contributed by atoms with Crippen molar-refractivity contribution in [3.8, 4) is 5.75 Å². The summed E-state index contributed by atoms with van der Waals surface area (Å²) in [6.45, 7) is 7.46. The average molecular weight is 284 g/mol. The van der Waals surface area contributed by atoms with E-state index in [9.17, 15) is 5.11 Å². The molecule has 1 heterocycles. The van der Waals surface area contributed by atoms with Crippen molar-refractivity contribution in [3.63, 3.8) is 0 Å². The van der Waals surface area contributed by atoms with Gasteiger partial charge >= 0.3 is 0 Å². The largest absolute Gasteiger partial charge is 0.506 e. The maximum Gasteiger partial charge on any atom is 0.134 e. The molecule has 1 aliphatic rings. The minimum atomic E-state index is 0.147. The molecule has 1 aromatic carbocycles. The Morgan fingerprint density at radius 3 is 2.79 bits per heavy atom. The lowest BCUT2D eigenvalue weighted by molar-refractivity contribution is 0.202. The number of hydrogen-bond donors (Lipinski definition) is 2. The molecular weight excluding hydrogens is 262 g/mol. The molecule has 0 saturated carbocycles. The molecule has 1 saturated heterocycles. The Morgan fingerprint density at radius 2 is 2.11 bits per heavy atom. The Balaban J connectivity index is 1.76. The van der Waals surface area contributed by atoms with Gasteiger partial charge in [0.25, 0.3) is 0 Å². The molecule has 1 aliphatic heterocycles. The van der Waals surface area contributed by atoms with Crippen LogP contribution in [0.25, 0.3) is 0 Å². The quantitative estimate of drug-likeness (QED) is 0.856. The van der Waals surface area contributed by atoms with Gasteiger partial charge in [-0.1, -0.05) is 17.7 Å². The number of phenols is 1. The lowest BCUT2D eigenvalue weighted by Crippen LogP contribution is -2.45. The number of phenolic OH excluding ortho intramolecular Hbond substituents is 1. The second-order valence-corrected chi connectivity index (χ2v) is 5.52.